The Morgan fingerprint density at radius 1 is 1.25 bits per heavy atom. The molecular formula is C21H17ClN2O3S. The molecule has 0 bridgehead atoms. The zero-order chi connectivity index (χ0) is 19.9. The molecule has 1 heterocycles. The lowest BCUT2D eigenvalue weighted by molar-refractivity contribution is -0.124. The van der Waals surface area contributed by atoms with Crippen molar-refractivity contribution < 1.29 is 14.3 Å². The molecule has 0 amide bonds. The molecule has 0 saturated carbocycles. The van der Waals surface area contributed by atoms with Crippen molar-refractivity contribution in [2.24, 2.45) is 0 Å². The van der Waals surface area contributed by atoms with Gasteiger partial charge in [0.05, 0.1) is 25.5 Å². The number of rotatable bonds is 8. The van der Waals surface area contributed by atoms with Gasteiger partial charge in [-0.1, -0.05) is 29.8 Å². The second kappa shape index (κ2) is 9.47. The summed E-state index contributed by atoms with van der Waals surface area (Å²) in [5.74, 6) is -0.534. The van der Waals surface area contributed by atoms with E-state index in [2.05, 4.69) is 4.98 Å². The molecule has 7 heteroatoms. The molecule has 1 unspecified atom stereocenters. The summed E-state index contributed by atoms with van der Waals surface area (Å²) < 4.78 is 10.6. The molecule has 1 atom stereocenters. The van der Waals surface area contributed by atoms with Crippen molar-refractivity contribution >= 4 is 28.7 Å². The highest BCUT2D eigenvalue weighted by molar-refractivity contribution is 7.10. The molecule has 0 aliphatic heterocycles. The molecule has 0 radical (unpaired) electrons. The molecule has 3 rings (SSSR count). The fourth-order valence-electron chi connectivity index (χ4n) is 2.54. The third kappa shape index (κ3) is 4.76. The molecule has 0 aliphatic rings. The van der Waals surface area contributed by atoms with Crippen molar-refractivity contribution in [3.63, 3.8) is 0 Å². The first-order valence-corrected chi connectivity index (χ1v) is 9.71. The molecule has 2 aromatic carbocycles. The normalized spacial score (nSPS) is 11.6. The first-order chi connectivity index (χ1) is 13.6. The Labute approximate surface area is 172 Å². The summed E-state index contributed by atoms with van der Waals surface area (Å²) in [6.07, 6.45) is 0. The van der Waals surface area contributed by atoms with Crippen LogP contribution in [0.25, 0.3) is 11.3 Å². The second-order valence-electron chi connectivity index (χ2n) is 5.91. The van der Waals surface area contributed by atoms with Gasteiger partial charge in [0, 0.05) is 16.0 Å². The van der Waals surface area contributed by atoms with Crippen LogP contribution in [0, 0.1) is 11.3 Å². The Morgan fingerprint density at radius 2 is 2.00 bits per heavy atom. The maximum absolute atomic E-state index is 12.4. The molecule has 0 N–H and O–H groups in total. The van der Waals surface area contributed by atoms with Gasteiger partial charge >= 0.3 is 0 Å². The monoisotopic (exact) mass is 412 g/mol. The van der Waals surface area contributed by atoms with Gasteiger partial charge < -0.3 is 9.47 Å². The molecule has 3 aromatic rings. The maximum Gasteiger partial charge on any atom is 0.182 e. The van der Waals surface area contributed by atoms with E-state index in [1.165, 1.54) is 11.3 Å². The summed E-state index contributed by atoms with van der Waals surface area (Å²) in [5, 5.41) is 12.3. The minimum Gasteiger partial charge on any atom is -0.497 e. The highest BCUT2D eigenvalue weighted by Gasteiger charge is 2.24. The van der Waals surface area contributed by atoms with Gasteiger partial charge in [-0.3, -0.25) is 4.79 Å². The van der Waals surface area contributed by atoms with E-state index >= 15 is 0 Å². The highest BCUT2D eigenvalue weighted by Crippen LogP contribution is 2.28. The van der Waals surface area contributed by atoms with E-state index in [0.29, 0.717) is 15.7 Å². The Bertz CT molecular complexity index is 995. The number of hydrogen-bond acceptors (Lipinski definition) is 6. The van der Waals surface area contributed by atoms with Crippen LogP contribution in [0.1, 0.15) is 16.5 Å². The quantitative estimate of drug-likeness (QED) is 0.528. The highest BCUT2D eigenvalue weighted by atomic mass is 35.5. The van der Waals surface area contributed by atoms with Crippen LogP contribution < -0.4 is 4.74 Å². The van der Waals surface area contributed by atoms with Gasteiger partial charge in [0.15, 0.2) is 11.7 Å². The summed E-state index contributed by atoms with van der Waals surface area (Å²) in [7, 11) is 1.60. The number of ketones is 1. The van der Waals surface area contributed by atoms with Crippen LogP contribution in [0.2, 0.25) is 5.02 Å². The van der Waals surface area contributed by atoms with Crippen LogP contribution in [0.3, 0.4) is 0 Å². The van der Waals surface area contributed by atoms with Gasteiger partial charge in [-0.15, -0.1) is 11.3 Å². The number of methoxy groups -OCH3 is 1. The number of benzene rings is 2. The Kier molecular flexibility index (Phi) is 6.77. The van der Waals surface area contributed by atoms with Crippen LogP contribution >= 0.6 is 22.9 Å². The largest absolute Gasteiger partial charge is 0.497 e. The van der Waals surface area contributed by atoms with Crippen LogP contribution in [-0.4, -0.2) is 24.5 Å². The summed E-state index contributed by atoms with van der Waals surface area (Å²) in [4.78, 5) is 16.9. The zero-order valence-corrected chi connectivity index (χ0v) is 16.7. The van der Waals surface area contributed by atoms with Crippen LogP contribution in [0.5, 0.6) is 5.75 Å². The van der Waals surface area contributed by atoms with Gasteiger partial charge in [-0.2, -0.15) is 5.26 Å². The minimum atomic E-state index is -0.955. The summed E-state index contributed by atoms with van der Waals surface area (Å²) in [6, 6.07) is 16.7. The van der Waals surface area contributed by atoms with Gasteiger partial charge in [0.25, 0.3) is 0 Å². The number of nitrogens with zero attached hydrogens (tertiary/aromatic N) is 2. The third-order valence-corrected chi connectivity index (χ3v) is 5.34. The Morgan fingerprint density at radius 3 is 2.68 bits per heavy atom. The van der Waals surface area contributed by atoms with E-state index in [1.54, 1.807) is 13.2 Å². The molecular weight excluding hydrogens is 396 g/mol. The molecule has 0 saturated heterocycles. The van der Waals surface area contributed by atoms with Gasteiger partial charge in [-0.25, -0.2) is 4.98 Å². The van der Waals surface area contributed by atoms with Gasteiger partial charge in [0.1, 0.15) is 17.4 Å². The lowest BCUT2D eigenvalue weighted by Gasteiger charge is -2.08. The number of thiazole rings is 1. The number of carbonyl (C=O) groups is 1. The second-order valence-corrected chi connectivity index (χ2v) is 7.21. The van der Waals surface area contributed by atoms with Crippen LogP contribution in [0.15, 0.2) is 53.9 Å². The topological polar surface area (TPSA) is 72.2 Å². The van der Waals surface area contributed by atoms with Crippen molar-refractivity contribution in [3.8, 4) is 23.1 Å². The molecule has 5 nitrogen and oxygen atoms in total. The summed E-state index contributed by atoms with van der Waals surface area (Å²) in [6.45, 7) is 0.0272. The van der Waals surface area contributed by atoms with Crippen molar-refractivity contribution in [2.75, 3.05) is 13.7 Å². The number of halogens is 1. The SMILES string of the molecule is COc1ccc(-c2csc(C(C#N)C(=O)COCc3ccccc3Cl)n2)cc1. The molecule has 0 spiro atoms. The van der Waals surface area contributed by atoms with Crippen molar-refractivity contribution in [1.29, 1.82) is 5.26 Å². The first-order valence-electron chi connectivity index (χ1n) is 8.45. The van der Waals surface area contributed by atoms with E-state index < -0.39 is 5.92 Å². The van der Waals surface area contributed by atoms with Gasteiger partial charge in [0.2, 0.25) is 0 Å². The number of nitriles is 1. The molecule has 0 aliphatic carbocycles. The molecule has 142 valence electrons. The predicted molar refractivity (Wildman–Crippen MR) is 109 cm³/mol. The number of aromatic nitrogens is 1. The van der Waals surface area contributed by atoms with Crippen molar-refractivity contribution in [1.82, 2.24) is 4.98 Å². The van der Waals surface area contributed by atoms with E-state index in [-0.39, 0.29) is 19.0 Å². The van der Waals surface area contributed by atoms with E-state index in [9.17, 15) is 10.1 Å². The third-order valence-electron chi connectivity index (χ3n) is 4.07. The standard InChI is InChI=1S/C21H17ClN2O3S/c1-26-16-8-6-14(7-9-16)19-13-28-21(24-19)17(10-23)20(25)12-27-11-15-4-2-3-5-18(15)22/h2-9,13,17H,11-12H2,1H3. The fraction of sp³-hybridized carbons (Fsp3) is 0.190. The average molecular weight is 413 g/mol. The van der Waals surface area contributed by atoms with Crippen LogP contribution in [0.4, 0.5) is 0 Å². The number of ether oxygens (including phenoxy) is 2. The zero-order valence-electron chi connectivity index (χ0n) is 15.1. The Hall–Kier alpha value is -2.72. The van der Waals surface area contributed by atoms with Crippen LogP contribution in [-0.2, 0) is 16.1 Å². The van der Waals surface area contributed by atoms with Crippen molar-refractivity contribution in [2.45, 2.75) is 12.5 Å². The van der Waals surface area contributed by atoms with E-state index in [1.807, 2.05) is 53.9 Å². The first kappa shape index (κ1) is 20.0. The molecule has 0 fully saturated rings. The lowest BCUT2D eigenvalue weighted by Crippen LogP contribution is -2.17. The van der Waals surface area contributed by atoms with E-state index in [0.717, 1.165) is 16.9 Å². The maximum atomic E-state index is 12.4. The number of hydrogen-bond donors (Lipinski definition) is 0. The summed E-state index contributed by atoms with van der Waals surface area (Å²) in [5.41, 5.74) is 2.40. The molecule has 28 heavy (non-hydrogen) atoms. The van der Waals surface area contributed by atoms with E-state index in [4.69, 9.17) is 21.1 Å². The summed E-state index contributed by atoms with van der Waals surface area (Å²) >= 11 is 7.36. The minimum absolute atomic E-state index is 0.180. The van der Waals surface area contributed by atoms with Gasteiger partial charge in [-0.05, 0) is 35.9 Å². The van der Waals surface area contributed by atoms with Crippen molar-refractivity contribution in [3.05, 3.63) is 69.5 Å². The number of Topliss-reactive ketones (excluding diaryl/α,β-unsaturated/α-hetero) is 1. The Balaban J connectivity index is 1.64. The fourth-order valence-corrected chi connectivity index (χ4v) is 3.62. The smallest absolute Gasteiger partial charge is 0.182 e. The lowest BCUT2D eigenvalue weighted by atomic mass is 10.1. The molecule has 1 aromatic heterocycles. The average Bonchev–Trinajstić information content (AvgIpc) is 3.20. The predicted octanol–water partition coefficient (Wildman–Crippen LogP) is 4.87. The number of carbonyl (C=O) groups excluding carboxylic acids is 1.